The topological polar surface area (TPSA) is 17.1 Å². The van der Waals surface area contributed by atoms with E-state index in [4.69, 9.17) is 0 Å². The monoisotopic (exact) mass is 180 g/mol. The zero-order valence-corrected chi connectivity index (χ0v) is 9.56. The average Bonchev–Trinajstić information content (AvgIpc) is 2.00. The summed E-state index contributed by atoms with van der Waals surface area (Å²) in [5.74, 6) is 0.120. The predicted octanol–water partition coefficient (Wildman–Crippen LogP) is 3.51. The Bertz CT molecular complexity index is 249. The number of carbonyl (C=O) groups is 1. The molecule has 0 aliphatic rings. The number of carbonyl (C=O) groups excluding carboxylic acids is 1. The van der Waals surface area contributed by atoms with Crippen molar-refractivity contribution in [2.24, 2.45) is 5.41 Å². The van der Waals surface area contributed by atoms with Crippen molar-refractivity contribution in [1.29, 1.82) is 0 Å². The van der Waals surface area contributed by atoms with Gasteiger partial charge in [0.15, 0.2) is 5.78 Å². The Kier molecular flexibility index (Phi) is 4.12. The lowest BCUT2D eigenvalue weighted by Gasteiger charge is -2.21. The minimum atomic E-state index is 0.0846. The smallest absolute Gasteiger partial charge is 0.181 e. The highest BCUT2D eigenvalue weighted by Gasteiger charge is 2.17. The van der Waals surface area contributed by atoms with Gasteiger partial charge >= 0.3 is 0 Å². The maximum atomic E-state index is 11.5. The van der Waals surface area contributed by atoms with E-state index in [1.165, 1.54) is 0 Å². The van der Waals surface area contributed by atoms with Crippen LogP contribution in [-0.4, -0.2) is 5.78 Å². The lowest BCUT2D eigenvalue weighted by atomic mass is 9.84. The summed E-state index contributed by atoms with van der Waals surface area (Å²) in [7, 11) is 0. The third-order valence-corrected chi connectivity index (χ3v) is 2.38. The molecule has 0 unspecified atom stereocenters. The summed E-state index contributed by atoms with van der Waals surface area (Å²) in [5.41, 5.74) is 2.11. The average molecular weight is 180 g/mol. The van der Waals surface area contributed by atoms with Gasteiger partial charge in [-0.2, -0.15) is 0 Å². The summed E-state index contributed by atoms with van der Waals surface area (Å²) in [6, 6.07) is 0. The Hall–Kier alpha value is -0.850. The molecule has 0 aromatic rings. The molecule has 0 saturated carbocycles. The van der Waals surface area contributed by atoms with E-state index in [9.17, 15) is 4.79 Å². The summed E-state index contributed by atoms with van der Waals surface area (Å²) < 4.78 is 0. The minimum Gasteiger partial charge on any atom is -0.290 e. The molecular weight excluding hydrogens is 160 g/mol. The highest BCUT2D eigenvalue weighted by Crippen LogP contribution is 2.27. The number of ketones is 1. The number of hydrogen-bond acceptors (Lipinski definition) is 1. The molecule has 1 heteroatoms. The van der Waals surface area contributed by atoms with Crippen molar-refractivity contribution in [3.8, 4) is 0 Å². The van der Waals surface area contributed by atoms with Gasteiger partial charge in [0, 0.05) is 0 Å². The second-order valence-corrected chi connectivity index (χ2v) is 4.36. The van der Waals surface area contributed by atoms with Crippen molar-refractivity contribution in [3.63, 3.8) is 0 Å². The van der Waals surface area contributed by atoms with Crippen LogP contribution in [0.4, 0.5) is 0 Å². The van der Waals surface area contributed by atoms with Crippen molar-refractivity contribution in [1.82, 2.24) is 0 Å². The van der Waals surface area contributed by atoms with Gasteiger partial charge in [0.1, 0.15) is 0 Å². The highest BCUT2D eigenvalue weighted by molar-refractivity contribution is 6.04. The fourth-order valence-electron chi connectivity index (χ4n) is 1.02. The van der Waals surface area contributed by atoms with E-state index in [1.54, 1.807) is 12.2 Å². The largest absolute Gasteiger partial charge is 0.290 e. The predicted molar refractivity (Wildman–Crippen MR) is 57.7 cm³/mol. The fourth-order valence-corrected chi connectivity index (χ4v) is 1.02. The first kappa shape index (κ1) is 12.2. The molecule has 1 nitrogen and oxygen atoms in total. The Balaban J connectivity index is 4.93. The molecule has 74 valence electrons. The third kappa shape index (κ3) is 3.58. The lowest BCUT2D eigenvalue weighted by molar-refractivity contribution is -0.111. The molecule has 0 fully saturated rings. The van der Waals surface area contributed by atoms with E-state index in [-0.39, 0.29) is 11.2 Å². The molecule has 0 aromatic heterocycles. The molecule has 0 radical (unpaired) electrons. The van der Waals surface area contributed by atoms with E-state index < -0.39 is 0 Å². The van der Waals surface area contributed by atoms with Gasteiger partial charge < -0.3 is 0 Å². The van der Waals surface area contributed by atoms with Crippen molar-refractivity contribution in [2.45, 2.75) is 41.5 Å². The van der Waals surface area contributed by atoms with Crippen LogP contribution in [-0.2, 0) is 4.79 Å². The zero-order valence-electron chi connectivity index (χ0n) is 9.56. The Morgan fingerprint density at radius 3 is 1.92 bits per heavy atom. The van der Waals surface area contributed by atoms with E-state index in [0.29, 0.717) is 0 Å². The second-order valence-electron chi connectivity index (χ2n) is 4.36. The van der Waals surface area contributed by atoms with Crippen molar-refractivity contribution < 1.29 is 4.79 Å². The molecule has 0 N–H and O–H groups in total. The summed E-state index contributed by atoms with van der Waals surface area (Å²) in [4.78, 5) is 11.5. The minimum absolute atomic E-state index is 0.0846. The van der Waals surface area contributed by atoms with Crippen LogP contribution in [0.15, 0.2) is 23.3 Å². The summed E-state index contributed by atoms with van der Waals surface area (Å²) in [5, 5.41) is 0. The van der Waals surface area contributed by atoms with Crippen LogP contribution in [0.25, 0.3) is 0 Å². The van der Waals surface area contributed by atoms with Crippen LogP contribution in [0.3, 0.4) is 0 Å². The third-order valence-electron chi connectivity index (χ3n) is 2.38. The maximum absolute atomic E-state index is 11.5. The van der Waals surface area contributed by atoms with Gasteiger partial charge in [-0.1, -0.05) is 32.4 Å². The molecular formula is C12H20O. The number of rotatable bonds is 2. The lowest BCUT2D eigenvalue weighted by Crippen LogP contribution is -2.11. The SMILES string of the molecule is C/C=C/C(=O)/C(C)=C(\C)C(C)(C)C. The molecule has 0 spiro atoms. The molecule has 0 amide bonds. The van der Waals surface area contributed by atoms with Crippen LogP contribution < -0.4 is 0 Å². The number of hydrogen-bond donors (Lipinski definition) is 0. The normalized spacial score (nSPS) is 14.6. The van der Waals surface area contributed by atoms with Crippen molar-refractivity contribution in [3.05, 3.63) is 23.3 Å². The first-order valence-electron chi connectivity index (χ1n) is 4.65. The standard InChI is InChI=1S/C12H20O/c1-7-8-11(13)9(2)10(3)12(4,5)6/h7-8H,1-6H3/b8-7+,10-9+. The molecule has 13 heavy (non-hydrogen) atoms. The van der Waals surface area contributed by atoms with Gasteiger partial charge in [-0.3, -0.25) is 4.79 Å². The molecule has 0 rings (SSSR count). The van der Waals surface area contributed by atoms with Gasteiger partial charge in [-0.25, -0.2) is 0 Å². The molecule has 0 aliphatic carbocycles. The van der Waals surface area contributed by atoms with E-state index in [1.807, 2.05) is 20.8 Å². The molecule has 0 atom stereocenters. The molecule has 0 saturated heterocycles. The van der Waals surface area contributed by atoms with Crippen LogP contribution in [0.1, 0.15) is 41.5 Å². The molecule has 0 aromatic carbocycles. The first-order valence-corrected chi connectivity index (χ1v) is 4.65. The fraction of sp³-hybridized carbons (Fsp3) is 0.583. The molecule has 0 heterocycles. The first-order chi connectivity index (χ1) is 5.80. The molecule has 0 bridgehead atoms. The number of allylic oxidation sites excluding steroid dienone is 4. The molecule has 0 aliphatic heterocycles. The summed E-state index contributed by atoms with van der Waals surface area (Å²) in [6.07, 6.45) is 3.40. The van der Waals surface area contributed by atoms with E-state index in [2.05, 4.69) is 20.8 Å². The summed E-state index contributed by atoms with van der Waals surface area (Å²) in [6.45, 7) is 12.1. The van der Waals surface area contributed by atoms with Gasteiger partial charge in [-0.05, 0) is 37.8 Å². The van der Waals surface area contributed by atoms with Crippen molar-refractivity contribution in [2.75, 3.05) is 0 Å². The van der Waals surface area contributed by atoms with Crippen LogP contribution >= 0.6 is 0 Å². The quantitative estimate of drug-likeness (QED) is 0.594. The van der Waals surface area contributed by atoms with E-state index >= 15 is 0 Å². The van der Waals surface area contributed by atoms with E-state index in [0.717, 1.165) is 11.1 Å². The highest BCUT2D eigenvalue weighted by atomic mass is 16.1. The van der Waals surface area contributed by atoms with Crippen LogP contribution in [0.5, 0.6) is 0 Å². The second kappa shape index (κ2) is 4.40. The van der Waals surface area contributed by atoms with Gasteiger partial charge in [0.2, 0.25) is 0 Å². The Morgan fingerprint density at radius 2 is 1.62 bits per heavy atom. The Labute approximate surface area is 81.5 Å². The summed E-state index contributed by atoms with van der Waals surface area (Å²) >= 11 is 0. The van der Waals surface area contributed by atoms with Gasteiger partial charge in [-0.15, -0.1) is 0 Å². The van der Waals surface area contributed by atoms with Crippen molar-refractivity contribution >= 4 is 5.78 Å². The van der Waals surface area contributed by atoms with Crippen LogP contribution in [0.2, 0.25) is 0 Å². The van der Waals surface area contributed by atoms with Gasteiger partial charge in [0.05, 0.1) is 0 Å². The Morgan fingerprint density at radius 1 is 1.15 bits per heavy atom. The zero-order chi connectivity index (χ0) is 10.6. The van der Waals surface area contributed by atoms with Gasteiger partial charge in [0.25, 0.3) is 0 Å². The maximum Gasteiger partial charge on any atom is 0.181 e. The van der Waals surface area contributed by atoms with Crippen LogP contribution in [0, 0.1) is 5.41 Å².